The molecule has 5 nitrogen and oxygen atoms in total. The molecule has 0 spiro atoms. The topological polar surface area (TPSA) is 56.6 Å². The fourth-order valence-electron chi connectivity index (χ4n) is 2.20. The van der Waals surface area contributed by atoms with Crippen LogP contribution in [0.1, 0.15) is 19.8 Å². The molecule has 18 heavy (non-hydrogen) atoms. The number of amides is 1. The number of nitrogens with zero attached hydrogens (tertiary/aromatic N) is 3. The maximum Gasteiger partial charge on any atom is 0.236 e. The predicted molar refractivity (Wildman–Crippen MR) is 68.9 cm³/mol. The molecule has 1 aliphatic rings. The minimum absolute atomic E-state index is 0.106. The van der Waals surface area contributed by atoms with Crippen LogP contribution in [0.5, 0.6) is 0 Å². The number of likely N-dealkylation sites (N-methyl/N-ethyl adjacent to an activating group) is 1. The standard InChI is InChI=1S/C13H23N3O2/c1-13(10-14)5-4-6-16(11-13)12(17)9-15(2)7-8-18-3/h4-9,11H2,1-3H3/t13-/m0/s1. The van der Waals surface area contributed by atoms with Gasteiger partial charge in [0.25, 0.3) is 0 Å². The Labute approximate surface area is 109 Å². The first-order valence-electron chi connectivity index (χ1n) is 6.37. The number of hydrogen-bond donors (Lipinski definition) is 0. The highest BCUT2D eigenvalue weighted by atomic mass is 16.5. The lowest BCUT2D eigenvalue weighted by Crippen LogP contribution is -2.47. The van der Waals surface area contributed by atoms with Crippen LogP contribution in [0, 0.1) is 16.7 Å². The van der Waals surface area contributed by atoms with Crippen LogP contribution in [-0.2, 0) is 9.53 Å². The van der Waals surface area contributed by atoms with Crippen molar-refractivity contribution in [2.24, 2.45) is 5.41 Å². The van der Waals surface area contributed by atoms with Gasteiger partial charge in [-0.15, -0.1) is 0 Å². The van der Waals surface area contributed by atoms with Crippen LogP contribution in [0.2, 0.25) is 0 Å². The monoisotopic (exact) mass is 253 g/mol. The number of piperidine rings is 1. The van der Waals surface area contributed by atoms with E-state index in [0.29, 0.717) is 19.7 Å². The van der Waals surface area contributed by atoms with Gasteiger partial charge in [-0.3, -0.25) is 9.69 Å². The number of methoxy groups -OCH3 is 1. The number of hydrogen-bond acceptors (Lipinski definition) is 4. The van der Waals surface area contributed by atoms with Crippen molar-refractivity contribution in [2.75, 3.05) is 46.9 Å². The van der Waals surface area contributed by atoms with Crippen molar-refractivity contribution in [1.29, 1.82) is 5.26 Å². The Bertz CT molecular complexity index is 327. The summed E-state index contributed by atoms with van der Waals surface area (Å²) in [5, 5.41) is 9.13. The molecule has 0 radical (unpaired) electrons. The maximum atomic E-state index is 12.1. The van der Waals surface area contributed by atoms with E-state index in [1.807, 2.05) is 23.8 Å². The summed E-state index contributed by atoms with van der Waals surface area (Å²) in [5.74, 6) is 0.106. The van der Waals surface area contributed by atoms with E-state index in [-0.39, 0.29) is 11.3 Å². The summed E-state index contributed by atoms with van der Waals surface area (Å²) in [6.07, 6.45) is 1.80. The van der Waals surface area contributed by atoms with Crippen molar-refractivity contribution >= 4 is 5.91 Å². The molecular formula is C13H23N3O2. The van der Waals surface area contributed by atoms with Crippen LogP contribution >= 0.6 is 0 Å². The highest BCUT2D eigenvalue weighted by molar-refractivity contribution is 5.78. The minimum atomic E-state index is -0.376. The van der Waals surface area contributed by atoms with Crippen molar-refractivity contribution < 1.29 is 9.53 Å². The van der Waals surface area contributed by atoms with Crippen molar-refractivity contribution in [3.63, 3.8) is 0 Å². The summed E-state index contributed by atoms with van der Waals surface area (Å²) in [6, 6.07) is 2.33. The van der Waals surface area contributed by atoms with Gasteiger partial charge >= 0.3 is 0 Å². The number of likely N-dealkylation sites (tertiary alicyclic amines) is 1. The summed E-state index contributed by atoms with van der Waals surface area (Å²) in [4.78, 5) is 15.9. The van der Waals surface area contributed by atoms with E-state index in [9.17, 15) is 4.79 Å². The lowest BCUT2D eigenvalue weighted by Gasteiger charge is -2.36. The van der Waals surface area contributed by atoms with E-state index in [1.54, 1.807) is 7.11 Å². The molecule has 1 heterocycles. The van der Waals surface area contributed by atoms with Gasteiger partial charge in [0, 0.05) is 26.7 Å². The number of carbonyl (C=O) groups is 1. The first kappa shape index (κ1) is 14.9. The number of carbonyl (C=O) groups excluding carboxylic acids is 1. The number of rotatable bonds is 5. The Balaban J connectivity index is 2.44. The molecule has 1 atom stereocenters. The molecule has 5 heteroatoms. The molecule has 0 saturated carbocycles. The van der Waals surface area contributed by atoms with E-state index in [1.165, 1.54) is 0 Å². The quantitative estimate of drug-likeness (QED) is 0.724. The summed E-state index contributed by atoms with van der Waals surface area (Å²) < 4.78 is 4.98. The van der Waals surface area contributed by atoms with Gasteiger partial charge in [-0.05, 0) is 26.8 Å². The molecule has 0 bridgehead atoms. The highest BCUT2D eigenvalue weighted by Crippen LogP contribution is 2.28. The lowest BCUT2D eigenvalue weighted by molar-refractivity contribution is -0.134. The number of ether oxygens (including phenoxy) is 1. The fraction of sp³-hybridized carbons (Fsp3) is 0.846. The molecular weight excluding hydrogens is 230 g/mol. The van der Waals surface area contributed by atoms with Crippen LogP contribution in [-0.4, -0.2) is 62.7 Å². The van der Waals surface area contributed by atoms with E-state index in [2.05, 4.69) is 6.07 Å². The van der Waals surface area contributed by atoms with E-state index in [4.69, 9.17) is 10.00 Å². The van der Waals surface area contributed by atoms with E-state index in [0.717, 1.165) is 25.9 Å². The summed E-state index contributed by atoms with van der Waals surface area (Å²) in [5.41, 5.74) is -0.376. The summed E-state index contributed by atoms with van der Waals surface area (Å²) >= 11 is 0. The van der Waals surface area contributed by atoms with Gasteiger partial charge in [0.05, 0.1) is 24.6 Å². The molecule has 0 unspecified atom stereocenters. The van der Waals surface area contributed by atoms with Crippen molar-refractivity contribution in [2.45, 2.75) is 19.8 Å². The second-order valence-electron chi connectivity index (χ2n) is 5.32. The average molecular weight is 253 g/mol. The molecule has 102 valence electrons. The Hall–Kier alpha value is -1.12. The normalized spacial score (nSPS) is 24.1. The van der Waals surface area contributed by atoms with Gasteiger partial charge in [-0.1, -0.05) is 0 Å². The van der Waals surface area contributed by atoms with Gasteiger partial charge in [0.1, 0.15) is 0 Å². The van der Waals surface area contributed by atoms with Gasteiger partial charge in [0.15, 0.2) is 0 Å². The Morgan fingerprint density at radius 3 is 2.94 bits per heavy atom. The molecule has 0 aromatic heterocycles. The highest BCUT2D eigenvalue weighted by Gasteiger charge is 2.33. The van der Waals surface area contributed by atoms with Crippen LogP contribution in [0.4, 0.5) is 0 Å². The zero-order valence-electron chi connectivity index (χ0n) is 11.6. The molecule has 1 aliphatic heterocycles. The van der Waals surface area contributed by atoms with Crippen LogP contribution in [0.15, 0.2) is 0 Å². The second-order valence-corrected chi connectivity index (χ2v) is 5.32. The first-order chi connectivity index (χ1) is 8.50. The summed E-state index contributed by atoms with van der Waals surface area (Å²) in [7, 11) is 3.56. The van der Waals surface area contributed by atoms with Crippen molar-refractivity contribution in [3.05, 3.63) is 0 Å². The van der Waals surface area contributed by atoms with Crippen LogP contribution in [0.25, 0.3) is 0 Å². The zero-order chi connectivity index (χ0) is 13.6. The van der Waals surface area contributed by atoms with E-state index >= 15 is 0 Å². The second kappa shape index (κ2) is 6.72. The van der Waals surface area contributed by atoms with Gasteiger partial charge in [0.2, 0.25) is 5.91 Å². The van der Waals surface area contributed by atoms with Gasteiger partial charge in [-0.25, -0.2) is 0 Å². The molecule has 1 rings (SSSR count). The smallest absolute Gasteiger partial charge is 0.236 e. The van der Waals surface area contributed by atoms with E-state index < -0.39 is 0 Å². The summed E-state index contributed by atoms with van der Waals surface area (Å²) in [6.45, 7) is 5.02. The molecule has 1 saturated heterocycles. The maximum absolute atomic E-state index is 12.1. The van der Waals surface area contributed by atoms with Gasteiger partial charge in [-0.2, -0.15) is 5.26 Å². The van der Waals surface area contributed by atoms with Crippen LogP contribution < -0.4 is 0 Å². The third kappa shape index (κ3) is 4.28. The molecule has 0 aliphatic carbocycles. The molecule has 1 fully saturated rings. The Morgan fingerprint density at radius 1 is 1.61 bits per heavy atom. The molecule has 0 aromatic rings. The average Bonchev–Trinajstić information content (AvgIpc) is 2.36. The molecule has 0 N–H and O–H groups in total. The molecule has 1 amide bonds. The number of nitriles is 1. The zero-order valence-corrected chi connectivity index (χ0v) is 11.6. The lowest BCUT2D eigenvalue weighted by atomic mass is 9.83. The Kier molecular flexibility index (Phi) is 5.57. The van der Waals surface area contributed by atoms with Crippen molar-refractivity contribution in [1.82, 2.24) is 9.80 Å². The third-order valence-electron chi connectivity index (χ3n) is 3.40. The molecule has 0 aromatic carbocycles. The predicted octanol–water partition coefficient (Wildman–Crippen LogP) is 0.717. The third-order valence-corrected chi connectivity index (χ3v) is 3.40. The Morgan fingerprint density at radius 2 is 2.33 bits per heavy atom. The SMILES string of the molecule is COCCN(C)CC(=O)N1CCC[C@@](C)(C#N)C1. The van der Waals surface area contributed by atoms with Crippen molar-refractivity contribution in [3.8, 4) is 6.07 Å². The van der Waals surface area contributed by atoms with Crippen LogP contribution in [0.3, 0.4) is 0 Å². The largest absolute Gasteiger partial charge is 0.383 e. The van der Waals surface area contributed by atoms with Gasteiger partial charge < -0.3 is 9.64 Å². The minimum Gasteiger partial charge on any atom is -0.383 e. The first-order valence-corrected chi connectivity index (χ1v) is 6.37. The fourth-order valence-corrected chi connectivity index (χ4v) is 2.20.